The summed E-state index contributed by atoms with van der Waals surface area (Å²) in [5, 5.41) is 6.27. The van der Waals surface area contributed by atoms with Gasteiger partial charge in [0.1, 0.15) is 5.56 Å². The van der Waals surface area contributed by atoms with Crippen LogP contribution in [0, 0.1) is 0 Å². The predicted molar refractivity (Wildman–Crippen MR) is 79.8 cm³/mol. The van der Waals surface area contributed by atoms with Gasteiger partial charge in [-0.2, -0.15) is 16.9 Å². The van der Waals surface area contributed by atoms with E-state index in [2.05, 4.69) is 14.9 Å². The third-order valence-corrected chi connectivity index (χ3v) is 6.00. The van der Waals surface area contributed by atoms with E-state index >= 15 is 0 Å². The molecule has 118 valence electrons. The maximum absolute atomic E-state index is 12.4. The summed E-state index contributed by atoms with van der Waals surface area (Å²) in [5.41, 5.74) is -0.0660. The fourth-order valence-corrected chi connectivity index (χ4v) is 4.54. The van der Waals surface area contributed by atoms with Crippen molar-refractivity contribution in [1.29, 1.82) is 0 Å². The lowest BCUT2D eigenvalue weighted by Crippen LogP contribution is -2.34. The molecule has 2 rings (SSSR count). The minimum Gasteiger partial charge on any atom is -0.462 e. The number of esters is 1. The lowest BCUT2D eigenvalue weighted by molar-refractivity contribution is 0.0522. The second-order valence-corrected chi connectivity index (χ2v) is 7.61. The van der Waals surface area contributed by atoms with Crippen molar-refractivity contribution in [2.24, 2.45) is 0 Å². The van der Waals surface area contributed by atoms with Gasteiger partial charge in [0.05, 0.1) is 12.8 Å². The first-order valence-corrected chi connectivity index (χ1v) is 9.50. The molecule has 0 radical (unpaired) electrons. The Morgan fingerprint density at radius 1 is 1.57 bits per heavy atom. The maximum Gasteiger partial charge on any atom is 0.342 e. The summed E-state index contributed by atoms with van der Waals surface area (Å²) in [6, 6.07) is -0.106. The molecule has 0 spiro atoms. The molecule has 0 amide bonds. The Labute approximate surface area is 128 Å². The van der Waals surface area contributed by atoms with E-state index < -0.39 is 16.0 Å². The molecule has 0 saturated heterocycles. The van der Waals surface area contributed by atoms with Crippen LogP contribution in [-0.2, 0) is 14.8 Å². The fraction of sp³-hybridized carbons (Fsp3) is 0.667. The zero-order valence-corrected chi connectivity index (χ0v) is 13.6. The third kappa shape index (κ3) is 3.78. The van der Waals surface area contributed by atoms with Crippen molar-refractivity contribution < 1.29 is 17.9 Å². The number of aromatic nitrogens is 2. The molecule has 2 N–H and O–H groups in total. The van der Waals surface area contributed by atoms with Crippen molar-refractivity contribution in [2.75, 3.05) is 12.9 Å². The van der Waals surface area contributed by atoms with Gasteiger partial charge >= 0.3 is 5.97 Å². The van der Waals surface area contributed by atoms with Crippen molar-refractivity contribution >= 4 is 27.8 Å². The van der Waals surface area contributed by atoms with Crippen LogP contribution in [-0.4, -0.2) is 48.7 Å². The van der Waals surface area contributed by atoms with Crippen molar-refractivity contribution in [3.8, 4) is 0 Å². The molecule has 1 fully saturated rings. The van der Waals surface area contributed by atoms with Crippen molar-refractivity contribution in [3.63, 3.8) is 0 Å². The van der Waals surface area contributed by atoms with E-state index in [4.69, 9.17) is 4.74 Å². The molecule has 0 aromatic carbocycles. The molecule has 2 unspecified atom stereocenters. The number of nitrogens with one attached hydrogen (secondary N) is 2. The Morgan fingerprint density at radius 2 is 2.33 bits per heavy atom. The minimum atomic E-state index is -3.80. The first-order chi connectivity index (χ1) is 9.97. The average molecular weight is 333 g/mol. The highest BCUT2D eigenvalue weighted by Gasteiger charge is 2.31. The second kappa shape index (κ2) is 6.80. The molecule has 0 bridgehead atoms. The second-order valence-electron chi connectivity index (χ2n) is 4.82. The van der Waals surface area contributed by atoms with Crippen LogP contribution in [0.4, 0.5) is 0 Å². The van der Waals surface area contributed by atoms with Crippen LogP contribution in [0.25, 0.3) is 0 Å². The summed E-state index contributed by atoms with van der Waals surface area (Å²) in [4.78, 5) is 11.7. The molecule has 2 atom stereocenters. The van der Waals surface area contributed by atoms with Gasteiger partial charge in [-0.3, -0.25) is 5.10 Å². The van der Waals surface area contributed by atoms with Crippen molar-refractivity contribution in [2.45, 2.75) is 42.5 Å². The summed E-state index contributed by atoms with van der Waals surface area (Å²) >= 11 is 1.75. The number of sulfonamides is 1. The first-order valence-electron chi connectivity index (χ1n) is 6.73. The van der Waals surface area contributed by atoms with Crippen LogP contribution in [0.15, 0.2) is 11.2 Å². The average Bonchev–Trinajstić information content (AvgIpc) is 3.06. The Hall–Kier alpha value is -1.06. The Morgan fingerprint density at radius 3 is 2.95 bits per heavy atom. The Balaban J connectivity index is 2.13. The van der Waals surface area contributed by atoms with Crippen LogP contribution in [0.3, 0.4) is 0 Å². The number of rotatable bonds is 6. The Bertz CT molecular complexity index is 599. The van der Waals surface area contributed by atoms with Crippen LogP contribution in [0.2, 0.25) is 0 Å². The molecule has 1 heterocycles. The zero-order valence-electron chi connectivity index (χ0n) is 12.0. The summed E-state index contributed by atoms with van der Waals surface area (Å²) in [6.45, 7) is 1.83. The molecule has 1 aromatic heterocycles. The molecule has 1 saturated carbocycles. The molecule has 9 heteroatoms. The zero-order chi connectivity index (χ0) is 15.5. The monoisotopic (exact) mass is 333 g/mol. The van der Waals surface area contributed by atoms with E-state index in [-0.39, 0.29) is 23.2 Å². The van der Waals surface area contributed by atoms with Gasteiger partial charge in [0.25, 0.3) is 10.0 Å². The lowest BCUT2D eigenvalue weighted by Gasteiger charge is -2.13. The van der Waals surface area contributed by atoms with Gasteiger partial charge in [-0.1, -0.05) is 0 Å². The normalized spacial score (nSPS) is 22.4. The number of nitrogens with zero attached hydrogens (tertiary/aromatic N) is 1. The molecule has 1 aromatic rings. The standard InChI is InChI=1S/C12H19N3O4S2/c1-3-19-12(16)10-7-13-14-11(10)21(17,18)15-8-4-5-9(6-8)20-2/h7-9,15H,3-6H2,1-2H3,(H,13,14). The summed E-state index contributed by atoms with van der Waals surface area (Å²) < 4.78 is 32.2. The summed E-state index contributed by atoms with van der Waals surface area (Å²) in [7, 11) is -3.80. The van der Waals surface area contributed by atoms with Crippen molar-refractivity contribution in [1.82, 2.24) is 14.9 Å². The highest BCUT2D eigenvalue weighted by atomic mass is 32.2. The summed E-state index contributed by atoms with van der Waals surface area (Å²) in [6.07, 6.45) is 5.78. The summed E-state index contributed by atoms with van der Waals surface area (Å²) in [5.74, 6) is -0.694. The number of thioether (sulfide) groups is 1. The Kier molecular flexibility index (Phi) is 5.28. The first kappa shape index (κ1) is 16.3. The van der Waals surface area contributed by atoms with Gasteiger partial charge in [-0.05, 0) is 32.4 Å². The number of hydrogen-bond acceptors (Lipinski definition) is 6. The number of carbonyl (C=O) groups excluding carboxylic acids is 1. The largest absolute Gasteiger partial charge is 0.462 e. The van der Waals surface area contributed by atoms with Gasteiger partial charge in [-0.15, -0.1) is 0 Å². The number of carbonyl (C=O) groups is 1. The molecular formula is C12H19N3O4S2. The topological polar surface area (TPSA) is 101 Å². The van der Waals surface area contributed by atoms with E-state index in [0.717, 1.165) is 19.3 Å². The number of aromatic amines is 1. The molecule has 21 heavy (non-hydrogen) atoms. The minimum absolute atomic E-state index is 0.0660. The molecule has 1 aliphatic rings. The number of hydrogen-bond donors (Lipinski definition) is 2. The number of H-pyrrole nitrogens is 1. The lowest BCUT2D eigenvalue weighted by atomic mass is 10.3. The van der Waals surface area contributed by atoms with Crippen LogP contribution in [0.5, 0.6) is 0 Å². The van der Waals surface area contributed by atoms with Crippen molar-refractivity contribution in [3.05, 3.63) is 11.8 Å². The van der Waals surface area contributed by atoms with E-state index in [1.54, 1.807) is 18.7 Å². The van der Waals surface area contributed by atoms with Crippen LogP contribution < -0.4 is 4.72 Å². The number of ether oxygens (including phenoxy) is 1. The van der Waals surface area contributed by atoms with E-state index in [9.17, 15) is 13.2 Å². The highest BCUT2D eigenvalue weighted by molar-refractivity contribution is 7.99. The molecular weight excluding hydrogens is 314 g/mol. The fourth-order valence-electron chi connectivity index (χ4n) is 2.37. The third-order valence-electron chi connectivity index (χ3n) is 3.41. The SMILES string of the molecule is CCOC(=O)c1cn[nH]c1S(=O)(=O)NC1CCC(SC)C1. The maximum atomic E-state index is 12.4. The predicted octanol–water partition coefficient (Wildman–Crippen LogP) is 1.15. The van der Waals surface area contributed by atoms with Gasteiger partial charge in [-0.25, -0.2) is 17.9 Å². The highest BCUT2D eigenvalue weighted by Crippen LogP contribution is 2.29. The van der Waals surface area contributed by atoms with E-state index in [0.29, 0.717) is 5.25 Å². The van der Waals surface area contributed by atoms with Gasteiger partial charge in [0, 0.05) is 11.3 Å². The molecule has 0 aliphatic heterocycles. The van der Waals surface area contributed by atoms with Crippen LogP contribution in [0.1, 0.15) is 36.5 Å². The van der Waals surface area contributed by atoms with Crippen LogP contribution >= 0.6 is 11.8 Å². The quantitative estimate of drug-likeness (QED) is 0.757. The molecule has 1 aliphatic carbocycles. The van der Waals surface area contributed by atoms with E-state index in [1.165, 1.54) is 6.20 Å². The van der Waals surface area contributed by atoms with Gasteiger partial charge < -0.3 is 4.74 Å². The van der Waals surface area contributed by atoms with E-state index in [1.807, 2.05) is 6.26 Å². The molecule has 7 nitrogen and oxygen atoms in total. The van der Waals surface area contributed by atoms with Gasteiger partial charge in [0.15, 0.2) is 5.03 Å². The smallest absolute Gasteiger partial charge is 0.342 e. The van der Waals surface area contributed by atoms with Gasteiger partial charge in [0.2, 0.25) is 0 Å².